The minimum Gasteiger partial charge on any atom is -0.393 e. The van der Waals surface area contributed by atoms with Crippen LogP contribution in [0.1, 0.15) is 25.3 Å². The lowest BCUT2D eigenvalue weighted by Gasteiger charge is -2.35. The quantitative estimate of drug-likeness (QED) is 0.883. The van der Waals surface area contributed by atoms with E-state index in [4.69, 9.17) is 5.73 Å². The number of nitrogens with two attached hydrogens (primary N) is 1. The third-order valence-electron chi connectivity index (χ3n) is 3.92. The number of halogens is 2. The van der Waals surface area contributed by atoms with E-state index in [0.717, 1.165) is 12.8 Å². The molecule has 1 aliphatic heterocycles. The van der Waals surface area contributed by atoms with Crippen molar-refractivity contribution in [3.8, 4) is 0 Å². The van der Waals surface area contributed by atoms with Gasteiger partial charge in [0.15, 0.2) is 11.6 Å². The standard InChI is InChI=1S/C14H20F2N2O/c1-9(19)10-4-6-18(7-5-10)12-3-2-11(8-17)13(15)14(12)16/h2-3,9-10,19H,4-8,17H2,1H3. The van der Waals surface area contributed by atoms with Gasteiger partial charge in [0.1, 0.15) is 0 Å². The van der Waals surface area contributed by atoms with Crippen LogP contribution in [0.15, 0.2) is 12.1 Å². The van der Waals surface area contributed by atoms with Crippen molar-refractivity contribution in [3.05, 3.63) is 29.3 Å². The zero-order valence-corrected chi connectivity index (χ0v) is 11.1. The van der Waals surface area contributed by atoms with E-state index >= 15 is 0 Å². The lowest BCUT2D eigenvalue weighted by atomic mass is 9.92. The summed E-state index contributed by atoms with van der Waals surface area (Å²) in [6.07, 6.45) is 1.23. The number of nitrogens with zero attached hydrogens (tertiary/aromatic N) is 1. The average molecular weight is 270 g/mol. The Morgan fingerprint density at radius 2 is 1.95 bits per heavy atom. The van der Waals surface area contributed by atoms with E-state index in [1.807, 2.05) is 4.90 Å². The van der Waals surface area contributed by atoms with Gasteiger partial charge in [-0.15, -0.1) is 0 Å². The summed E-state index contributed by atoms with van der Waals surface area (Å²) in [6, 6.07) is 3.12. The maximum Gasteiger partial charge on any atom is 0.182 e. The summed E-state index contributed by atoms with van der Waals surface area (Å²) in [6.45, 7) is 3.03. The Morgan fingerprint density at radius 3 is 2.47 bits per heavy atom. The molecule has 0 amide bonds. The van der Waals surface area contributed by atoms with Crippen molar-refractivity contribution in [2.24, 2.45) is 11.7 Å². The molecule has 0 aliphatic carbocycles. The SMILES string of the molecule is CC(O)C1CCN(c2ccc(CN)c(F)c2F)CC1. The molecule has 0 bridgehead atoms. The van der Waals surface area contributed by atoms with Gasteiger partial charge in [0, 0.05) is 25.2 Å². The van der Waals surface area contributed by atoms with Crippen molar-refractivity contribution in [1.29, 1.82) is 0 Å². The first kappa shape index (κ1) is 14.2. The van der Waals surface area contributed by atoms with Gasteiger partial charge >= 0.3 is 0 Å². The van der Waals surface area contributed by atoms with Crippen LogP contribution in [0.2, 0.25) is 0 Å². The highest BCUT2D eigenvalue weighted by Gasteiger charge is 2.25. The van der Waals surface area contributed by atoms with Crippen LogP contribution in [0.3, 0.4) is 0 Å². The highest BCUT2D eigenvalue weighted by Crippen LogP contribution is 2.29. The molecule has 1 saturated heterocycles. The molecule has 19 heavy (non-hydrogen) atoms. The minimum atomic E-state index is -0.849. The normalized spacial score (nSPS) is 18.7. The maximum atomic E-state index is 14.0. The van der Waals surface area contributed by atoms with Crippen LogP contribution < -0.4 is 10.6 Å². The molecule has 1 atom stereocenters. The molecular weight excluding hydrogens is 250 g/mol. The summed E-state index contributed by atoms with van der Waals surface area (Å²) in [4.78, 5) is 1.83. The predicted molar refractivity (Wildman–Crippen MR) is 70.9 cm³/mol. The van der Waals surface area contributed by atoms with Crippen LogP contribution in [0.5, 0.6) is 0 Å². The first-order valence-electron chi connectivity index (χ1n) is 6.64. The number of benzene rings is 1. The van der Waals surface area contributed by atoms with Gasteiger partial charge in [0.05, 0.1) is 11.8 Å². The second-order valence-electron chi connectivity index (χ2n) is 5.14. The van der Waals surface area contributed by atoms with Crippen LogP contribution in [0, 0.1) is 17.6 Å². The molecule has 0 saturated carbocycles. The first-order valence-corrected chi connectivity index (χ1v) is 6.64. The Hall–Kier alpha value is -1.20. The summed E-state index contributed by atoms with van der Waals surface area (Å²) in [5.74, 6) is -1.43. The summed E-state index contributed by atoms with van der Waals surface area (Å²) < 4.78 is 27.7. The zero-order chi connectivity index (χ0) is 14.0. The van der Waals surface area contributed by atoms with Gasteiger partial charge in [-0.05, 0) is 31.7 Å². The number of anilines is 1. The maximum absolute atomic E-state index is 14.0. The van der Waals surface area contributed by atoms with Gasteiger partial charge in [0.25, 0.3) is 0 Å². The highest BCUT2D eigenvalue weighted by atomic mass is 19.2. The Bertz CT molecular complexity index is 443. The Kier molecular flexibility index (Phi) is 4.37. The van der Waals surface area contributed by atoms with E-state index in [2.05, 4.69) is 0 Å². The van der Waals surface area contributed by atoms with Gasteiger partial charge in [-0.25, -0.2) is 8.78 Å². The topological polar surface area (TPSA) is 49.5 Å². The molecule has 1 unspecified atom stereocenters. The number of piperidine rings is 1. The molecule has 5 heteroatoms. The van der Waals surface area contributed by atoms with E-state index in [9.17, 15) is 13.9 Å². The largest absolute Gasteiger partial charge is 0.393 e. The van der Waals surface area contributed by atoms with Gasteiger partial charge < -0.3 is 15.7 Å². The summed E-state index contributed by atoms with van der Waals surface area (Å²) >= 11 is 0. The number of rotatable bonds is 3. The Balaban J connectivity index is 2.14. The lowest BCUT2D eigenvalue weighted by Crippen LogP contribution is -2.37. The van der Waals surface area contributed by atoms with Crippen molar-refractivity contribution >= 4 is 5.69 Å². The van der Waals surface area contributed by atoms with Crippen molar-refractivity contribution in [2.75, 3.05) is 18.0 Å². The summed E-state index contributed by atoms with van der Waals surface area (Å²) in [7, 11) is 0. The van der Waals surface area contributed by atoms with Crippen LogP contribution in [-0.2, 0) is 6.54 Å². The minimum absolute atomic E-state index is 0.00681. The van der Waals surface area contributed by atoms with Crippen LogP contribution in [0.4, 0.5) is 14.5 Å². The molecule has 3 nitrogen and oxygen atoms in total. The van der Waals surface area contributed by atoms with E-state index in [-0.39, 0.29) is 24.1 Å². The molecule has 1 aromatic carbocycles. The van der Waals surface area contributed by atoms with Crippen LogP contribution in [-0.4, -0.2) is 24.3 Å². The molecule has 3 N–H and O–H groups in total. The van der Waals surface area contributed by atoms with E-state index < -0.39 is 11.6 Å². The summed E-state index contributed by atoms with van der Waals surface area (Å²) in [5, 5.41) is 9.53. The molecule has 0 spiro atoms. The molecular formula is C14H20F2N2O. The van der Waals surface area contributed by atoms with Crippen LogP contribution in [0.25, 0.3) is 0 Å². The van der Waals surface area contributed by atoms with E-state index in [1.165, 1.54) is 6.07 Å². The number of aliphatic hydroxyl groups excluding tert-OH is 1. The summed E-state index contributed by atoms with van der Waals surface area (Å²) in [5.41, 5.74) is 5.84. The second kappa shape index (κ2) is 5.84. The van der Waals surface area contributed by atoms with Gasteiger partial charge in [-0.2, -0.15) is 0 Å². The second-order valence-corrected chi connectivity index (χ2v) is 5.14. The monoisotopic (exact) mass is 270 g/mol. The van der Waals surface area contributed by atoms with Crippen molar-refractivity contribution < 1.29 is 13.9 Å². The van der Waals surface area contributed by atoms with Crippen LogP contribution >= 0.6 is 0 Å². The Morgan fingerprint density at radius 1 is 1.32 bits per heavy atom. The fourth-order valence-electron chi connectivity index (χ4n) is 2.60. The fraction of sp³-hybridized carbons (Fsp3) is 0.571. The van der Waals surface area contributed by atoms with E-state index in [0.29, 0.717) is 18.8 Å². The smallest absolute Gasteiger partial charge is 0.182 e. The third kappa shape index (κ3) is 2.87. The number of aliphatic hydroxyl groups is 1. The highest BCUT2D eigenvalue weighted by molar-refractivity contribution is 5.50. The number of hydrogen-bond donors (Lipinski definition) is 2. The van der Waals surface area contributed by atoms with Gasteiger partial charge in [-0.3, -0.25) is 0 Å². The number of hydrogen-bond acceptors (Lipinski definition) is 3. The predicted octanol–water partition coefficient (Wildman–Crippen LogP) is 2.02. The molecule has 1 aliphatic rings. The molecule has 1 aromatic rings. The molecule has 0 radical (unpaired) electrons. The van der Waals surface area contributed by atoms with Gasteiger partial charge in [-0.1, -0.05) is 6.07 Å². The molecule has 2 rings (SSSR count). The molecule has 106 valence electrons. The van der Waals surface area contributed by atoms with Gasteiger partial charge in [0.2, 0.25) is 0 Å². The molecule has 0 aromatic heterocycles. The van der Waals surface area contributed by atoms with E-state index in [1.54, 1.807) is 13.0 Å². The fourth-order valence-corrected chi connectivity index (χ4v) is 2.60. The third-order valence-corrected chi connectivity index (χ3v) is 3.92. The molecule has 1 heterocycles. The Labute approximate surface area is 112 Å². The molecule has 1 fully saturated rings. The average Bonchev–Trinajstić information content (AvgIpc) is 2.42. The van der Waals surface area contributed by atoms with Crippen molar-refractivity contribution in [2.45, 2.75) is 32.4 Å². The lowest BCUT2D eigenvalue weighted by molar-refractivity contribution is 0.110. The first-order chi connectivity index (χ1) is 9.04. The van der Waals surface area contributed by atoms with Crippen molar-refractivity contribution in [1.82, 2.24) is 0 Å². The van der Waals surface area contributed by atoms with Crippen molar-refractivity contribution in [3.63, 3.8) is 0 Å². The zero-order valence-electron chi connectivity index (χ0n) is 11.1.